The highest BCUT2D eigenvalue weighted by Crippen LogP contribution is 2.16. The molecule has 3 aromatic rings. The van der Waals surface area contributed by atoms with Gasteiger partial charge in [-0.05, 0) is 36.2 Å². The lowest BCUT2D eigenvalue weighted by Gasteiger charge is -2.07. The van der Waals surface area contributed by atoms with Crippen LogP contribution in [0.2, 0.25) is 0 Å². The van der Waals surface area contributed by atoms with Crippen LogP contribution in [-0.4, -0.2) is 28.9 Å². The first-order valence-electron chi connectivity index (χ1n) is 6.79. The fraction of sp³-hybridized carbons (Fsp3) is 0.188. The third-order valence-corrected chi connectivity index (χ3v) is 3.14. The summed E-state index contributed by atoms with van der Waals surface area (Å²) in [6.07, 6.45) is 0.878. The molecule has 0 unspecified atom stereocenters. The van der Waals surface area contributed by atoms with E-state index in [1.165, 1.54) is 5.56 Å². The molecule has 106 valence electrons. The van der Waals surface area contributed by atoms with Crippen LogP contribution in [-0.2, 0) is 11.2 Å². The lowest BCUT2D eigenvalue weighted by atomic mass is 10.1. The summed E-state index contributed by atoms with van der Waals surface area (Å²) < 4.78 is 5.10. The van der Waals surface area contributed by atoms with Crippen LogP contribution in [0.3, 0.4) is 0 Å². The Morgan fingerprint density at radius 2 is 1.86 bits per heavy atom. The summed E-state index contributed by atoms with van der Waals surface area (Å²) in [6, 6.07) is 15.8. The molecule has 0 spiro atoms. The highest BCUT2D eigenvalue weighted by Gasteiger charge is 2.02. The molecule has 0 saturated heterocycles. The van der Waals surface area contributed by atoms with E-state index in [9.17, 15) is 0 Å². The molecule has 5 heteroatoms. The quantitative estimate of drug-likeness (QED) is 0.778. The van der Waals surface area contributed by atoms with Crippen LogP contribution in [0.25, 0.3) is 11.0 Å². The Morgan fingerprint density at radius 3 is 2.71 bits per heavy atom. The molecule has 1 heterocycles. The molecule has 1 aromatic heterocycles. The molecule has 0 bridgehead atoms. The summed E-state index contributed by atoms with van der Waals surface area (Å²) in [7, 11) is 1.71. The van der Waals surface area contributed by atoms with Crippen LogP contribution in [0.4, 0.5) is 11.6 Å². The predicted molar refractivity (Wildman–Crippen MR) is 82.6 cm³/mol. The van der Waals surface area contributed by atoms with Crippen molar-refractivity contribution in [3.8, 4) is 0 Å². The number of benzene rings is 2. The third-order valence-electron chi connectivity index (χ3n) is 3.14. The monoisotopic (exact) mass is 280 g/mol. The molecule has 0 amide bonds. The number of anilines is 2. The van der Waals surface area contributed by atoms with E-state index in [0.717, 1.165) is 23.1 Å². The van der Waals surface area contributed by atoms with Crippen molar-refractivity contribution in [2.45, 2.75) is 6.42 Å². The summed E-state index contributed by atoms with van der Waals surface area (Å²) in [5.74, 6) is 0.498. The van der Waals surface area contributed by atoms with Gasteiger partial charge in [0, 0.05) is 12.8 Å². The van der Waals surface area contributed by atoms with E-state index in [0.29, 0.717) is 12.6 Å². The Labute approximate surface area is 123 Å². The summed E-state index contributed by atoms with van der Waals surface area (Å²) in [5, 5.41) is 11.4. The lowest BCUT2D eigenvalue weighted by Crippen LogP contribution is -2.00. The maximum atomic E-state index is 5.10. The molecular formula is C16H16N4O. The number of fused-ring (bicyclic) bond motifs is 1. The first kappa shape index (κ1) is 13.5. The fourth-order valence-corrected chi connectivity index (χ4v) is 2.09. The van der Waals surface area contributed by atoms with Gasteiger partial charge < -0.3 is 10.1 Å². The Kier molecular flexibility index (Phi) is 4.02. The number of ether oxygens (including phenoxy) is 1. The highest BCUT2D eigenvalue weighted by molar-refractivity contribution is 5.74. The lowest BCUT2D eigenvalue weighted by molar-refractivity contribution is 0.202. The summed E-state index contributed by atoms with van der Waals surface area (Å²) in [5.41, 5.74) is 3.76. The van der Waals surface area contributed by atoms with E-state index in [2.05, 4.69) is 32.6 Å². The Balaban J connectivity index is 1.81. The second-order valence-electron chi connectivity index (χ2n) is 4.69. The van der Waals surface area contributed by atoms with Crippen LogP contribution in [0, 0.1) is 0 Å². The predicted octanol–water partition coefficient (Wildman–Crippen LogP) is 2.96. The molecule has 2 aromatic carbocycles. The van der Waals surface area contributed by atoms with Crippen LogP contribution in [0.5, 0.6) is 0 Å². The second kappa shape index (κ2) is 6.28. The minimum absolute atomic E-state index is 0.498. The van der Waals surface area contributed by atoms with Crippen molar-refractivity contribution in [2.75, 3.05) is 19.0 Å². The van der Waals surface area contributed by atoms with Crippen molar-refractivity contribution in [1.82, 2.24) is 15.2 Å². The van der Waals surface area contributed by atoms with Gasteiger partial charge in [-0.1, -0.05) is 24.3 Å². The third kappa shape index (κ3) is 3.32. The minimum Gasteiger partial charge on any atom is -0.384 e. The van der Waals surface area contributed by atoms with Gasteiger partial charge in [-0.3, -0.25) is 0 Å². The van der Waals surface area contributed by atoms with E-state index in [1.807, 2.05) is 36.4 Å². The van der Waals surface area contributed by atoms with Crippen LogP contribution in [0.15, 0.2) is 48.5 Å². The van der Waals surface area contributed by atoms with Crippen molar-refractivity contribution in [3.05, 3.63) is 54.1 Å². The van der Waals surface area contributed by atoms with Crippen molar-refractivity contribution in [3.63, 3.8) is 0 Å². The molecule has 0 atom stereocenters. The topological polar surface area (TPSA) is 59.9 Å². The number of rotatable bonds is 5. The standard InChI is InChI=1S/C16H16N4O/c1-21-10-9-12-5-4-6-13(11-12)17-16-18-14-7-2-3-8-15(14)19-20-16/h2-8,11H,9-10H2,1H3,(H,17,18,20). The largest absolute Gasteiger partial charge is 0.384 e. The minimum atomic E-state index is 0.498. The number of hydrogen-bond acceptors (Lipinski definition) is 5. The average Bonchev–Trinajstić information content (AvgIpc) is 2.53. The number of methoxy groups -OCH3 is 1. The van der Waals surface area contributed by atoms with Gasteiger partial charge >= 0.3 is 0 Å². The van der Waals surface area contributed by atoms with Gasteiger partial charge in [0.25, 0.3) is 0 Å². The zero-order valence-electron chi connectivity index (χ0n) is 11.8. The summed E-state index contributed by atoms with van der Waals surface area (Å²) >= 11 is 0. The molecule has 0 aliphatic carbocycles. The van der Waals surface area contributed by atoms with E-state index < -0.39 is 0 Å². The van der Waals surface area contributed by atoms with Crippen LogP contribution in [0.1, 0.15) is 5.56 Å². The molecular weight excluding hydrogens is 264 g/mol. The molecule has 21 heavy (non-hydrogen) atoms. The normalized spacial score (nSPS) is 10.7. The molecule has 0 aliphatic heterocycles. The van der Waals surface area contributed by atoms with Gasteiger partial charge in [-0.2, -0.15) is 0 Å². The van der Waals surface area contributed by atoms with Crippen LogP contribution < -0.4 is 5.32 Å². The van der Waals surface area contributed by atoms with Gasteiger partial charge in [-0.25, -0.2) is 4.98 Å². The molecule has 0 fully saturated rings. The summed E-state index contributed by atoms with van der Waals surface area (Å²) in [4.78, 5) is 4.45. The van der Waals surface area contributed by atoms with E-state index >= 15 is 0 Å². The smallest absolute Gasteiger partial charge is 0.247 e. The number of nitrogens with one attached hydrogen (secondary N) is 1. The number of nitrogens with zero attached hydrogens (tertiary/aromatic N) is 3. The van der Waals surface area contributed by atoms with Crippen molar-refractivity contribution in [1.29, 1.82) is 0 Å². The summed E-state index contributed by atoms with van der Waals surface area (Å²) in [6.45, 7) is 0.706. The number of para-hydroxylation sites is 1. The Morgan fingerprint density at radius 1 is 1.00 bits per heavy atom. The van der Waals surface area contributed by atoms with Crippen molar-refractivity contribution >= 4 is 22.7 Å². The molecule has 5 nitrogen and oxygen atoms in total. The van der Waals surface area contributed by atoms with E-state index in [4.69, 9.17) is 4.74 Å². The zero-order chi connectivity index (χ0) is 14.5. The Bertz CT molecular complexity index is 745. The second-order valence-corrected chi connectivity index (χ2v) is 4.69. The maximum Gasteiger partial charge on any atom is 0.247 e. The highest BCUT2D eigenvalue weighted by atomic mass is 16.5. The van der Waals surface area contributed by atoms with Gasteiger partial charge in [0.1, 0.15) is 5.52 Å². The van der Waals surface area contributed by atoms with E-state index in [-0.39, 0.29) is 0 Å². The van der Waals surface area contributed by atoms with Gasteiger partial charge in [0.15, 0.2) is 0 Å². The van der Waals surface area contributed by atoms with Gasteiger partial charge in [0.2, 0.25) is 5.95 Å². The first-order valence-corrected chi connectivity index (χ1v) is 6.79. The first-order chi connectivity index (χ1) is 10.3. The van der Waals surface area contributed by atoms with Gasteiger partial charge in [-0.15, -0.1) is 10.2 Å². The molecule has 3 rings (SSSR count). The maximum absolute atomic E-state index is 5.10. The molecule has 0 radical (unpaired) electrons. The SMILES string of the molecule is COCCc1cccc(Nc2nnc3ccccc3n2)c1. The van der Waals surface area contributed by atoms with Gasteiger partial charge in [0.05, 0.1) is 12.1 Å². The van der Waals surface area contributed by atoms with Crippen molar-refractivity contribution < 1.29 is 4.74 Å². The Hall–Kier alpha value is -2.53. The zero-order valence-corrected chi connectivity index (χ0v) is 11.8. The fourth-order valence-electron chi connectivity index (χ4n) is 2.09. The molecule has 0 aliphatic rings. The van der Waals surface area contributed by atoms with Crippen LogP contribution >= 0.6 is 0 Å². The molecule has 1 N–H and O–H groups in total. The van der Waals surface area contributed by atoms with E-state index in [1.54, 1.807) is 7.11 Å². The number of hydrogen-bond donors (Lipinski definition) is 1. The number of aromatic nitrogens is 3. The van der Waals surface area contributed by atoms with Crippen molar-refractivity contribution in [2.24, 2.45) is 0 Å². The average molecular weight is 280 g/mol. The molecule has 0 saturated carbocycles.